The molecule has 1 N–H and O–H groups in total. The standard InChI is InChI=1S/C21H21N3O2S/c1-13(2)24-12-15(11-19(24)25)20(26)22-16-7-5-6-14(10-16)21-23-17-8-3-4-9-18(17)27-21/h3-10,13,15H,11-12H2,1-2H3,(H,22,26). The Morgan fingerprint density at radius 2 is 2.04 bits per heavy atom. The van der Waals surface area contributed by atoms with E-state index in [9.17, 15) is 9.59 Å². The van der Waals surface area contributed by atoms with Crippen molar-refractivity contribution in [3.05, 3.63) is 48.5 Å². The normalized spacial score (nSPS) is 17.1. The first kappa shape index (κ1) is 17.7. The molecule has 1 fully saturated rings. The molecule has 2 aromatic carbocycles. The Bertz CT molecular complexity index is 978. The zero-order valence-electron chi connectivity index (χ0n) is 15.3. The van der Waals surface area contributed by atoms with E-state index in [1.54, 1.807) is 16.2 Å². The average molecular weight is 379 g/mol. The number of nitrogens with zero attached hydrogens (tertiary/aromatic N) is 2. The number of para-hydroxylation sites is 1. The highest BCUT2D eigenvalue weighted by Gasteiger charge is 2.35. The van der Waals surface area contributed by atoms with Crippen LogP contribution in [0.1, 0.15) is 20.3 Å². The molecule has 0 aliphatic carbocycles. The number of fused-ring (bicyclic) bond motifs is 1. The average Bonchev–Trinajstić information content (AvgIpc) is 3.25. The van der Waals surface area contributed by atoms with Crippen LogP contribution in [0.15, 0.2) is 48.5 Å². The molecule has 1 saturated heterocycles. The lowest BCUT2D eigenvalue weighted by atomic mass is 10.1. The molecule has 4 rings (SSSR count). The molecule has 1 aliphatic heterocycles. The molecule has 1 aromatic heterocycles. The van der Waals surface area contributed by atoms with Crippen molar-refractivity contribution in [2.45, 2.75) is 26.3 Å². The number of benzene rings is 2. The number of hydrogen-bond donors (Lipinski definition) is 1. The summed E-state index contributed by atoms with van der Waals surface area (Å²) in [5.74, 6) is -0.354. The van der Waals surface area contributed by atoms with E-state index in [-0.39, 0.29) is 30.2 Å². The predicted octanol–water partition coefficient (Wildman–Crippen LogP) is 4.16. The third-order valence-corrected chi connectivity index (χ3v) is 5.91. The third kappa shape index (κ3) is 3.57. The monoisotopic (exact) mass is 379 g/mol. The molecular formula is C21H21N3O2S. The molecule has 6 heteroatoms. The molecule has 5 nitrogen and oxygen atoms in total. The van der Waals surface area contributed by atoms with Crippen molar-refractivity contribution in [1.82, 2.24) is 9.88 Å². The minimum Gasteiger partial charge on any atom is -0.339 e. The second-order valence-electron chi connectivity index (χ2n) is 7.10. The molecule has 2 heterocycles. The Kier molecular flexibility index (Phi) is 4.66. The summed E-state index contributed by atoms with van der Waals surface area (Å²) in [6, 6.07) is 15.9. The van der Waals surface area contributed by atoms with Gasteiger partial charge >= 0.3 is 0 Å². The lowest BCUT2D eigenvalue weighted by Crippen LogP contribution is -2.33. The van der Waals surface area contributed by atoms with Gasteiger partial charge in [0.1, 0.15) is 5.01 Å². The number of rotatable bonds is 4. The summed E-state index contributed by atoms with van der Waals surface area (Å²) in [7, 11) is 0. The van der Waals surface area contributed by atoms with Crippen LogP contribution in [0.3, 0.4) is 0 Å². The maximum Gasteiger partial charge on any atom is 0.229 e. The quantitative estimate of drug-likeness (QED) is 0.740. The van der Waals surface area contributed by atoms with E-state index >= 15 is 0 Å². The summed E-state index contributed by atoms with van der Waals surface area (Å²) in [5, 5.41) is 3.89. The smallest absolute Gasteiger partial charge is 0.229 e. The Labute approximate surface area is 162 Å². The number of carbonyl (C=O) groups is 2. The fourth-order valence-electron chi connectivity index (χ4n) is 3.38. The van der Waals surface area contributed by atoms with Crippen LogP contribution in [-0.2, 0) is 9.59 Å². The second-order valence-corrected chi connectivity index (χ2v) is 8.13. The first-order valence-electron chi connectivity index (χ1n) is 9.07. The molecule has 1 atom stereocenters. The highest BCUT2D eigenvalue weighted by Crippen LogP contribution is 2.31. The molecule has 1 aliphatic rings. The van der Waals surface area contributed by atoms with Crippen molar-refractivity contribution in [3.63, 3.8) is 0 Å². The van der Waals surface area contributed by atoms with Crippen molar-refractivity contribution in [2.75, 3.05) is 11.9 Å². The summed E-state index contributed by atoms with van der Waals surface area (Å²) in [5.41, 5.74) is 2.68. The molecule has 0 spiro atoms. The van der Waals surface area contributed by atoms with Gasteiger partial charge in [-0.15, -0.1) is 11.3 Å². The number of thiazole rings is 1. The largest absolute Gasteiger partial charge is 0.339 e. The summed E-state index contributed by atoms with van der Waals surface area (Å²) >= 11 is 1.63. The predicted molar refractivity (Wildman–Crippen MR) is 109 cm³/mol. The van der Waals surface area contributed by atoms with Crippen molar-refractivity contribution in [1.29, 1.82) is 0 Å². The van der Waals surface area contributed by atoms with Gasteiger partial charge in [-0.25, -0.2) is 4.98 Å². The number of aromatic nitrogens is 1. The third-order valence-electron chi connectivity index (χ3n) is 4.82. The zero-order chi connectivity index (χ0) is 19.0. The molecule has 27 heavy (non-hydrogen) atoms. The van der Waals surface area contributed by atoms with Gasteiger partial charge in [-0.2, -0.15) is 0 Å². The highest BCUT2D eigenvalue weighted by atomic mass is 32.1. The molecule has 138 valence electrons. The topological polar surface area (TPSA) is 62.3 Å². The molecule has 2 amide bonds. The number of likely N-dealkylation sites (tertiary alicyclic amines) is 1. The maximum absolute atomic E-state index is 12.6. The van der Waals surface area contributed by atoms with Gasteiger partial charge in [0, 0.05) is 30.3 Å². The van der Waals surface area contributed by atoms with Gasteiger partial charge in [0.15, 0.2) is 0 Å². The number of amides is 2. The fourth-order valence-corrected chi connectivity index (χ4v) is 4.34. The first-order chi connectivity index (χ1) is 13.0. The minimum atomic E-state index is -0.300. The number of nitrogens with one attached hydrogen (secondary N) is 1. The van der Waals surface area contributed by atoms with E-state index in [0.29, 0.717) is 6.54 Å². The van der Waals surface area contributed by atoms with E-state index in [1.165, 1.54) is 0 Å². The van der Waals surface area contributed by atoms with Crippen LogP contribution < -0.4 is 5.32 Å². The van der Waals surface area contributed by atoms with Crippen molar-refractivity contribution < 1.29 is 9.59 Å². The van der Waals surface area contributed by atoms with Gasteiger partial charge in [0.25, 0.3) is 0 Å². The fraction of sp³-hybridized carbons (Fsp3) is 0.286. The lowest BCUT2D eigenvalue weighted by Gasteiger charge is -2.20. The van der Waals surface area contributed by atoms with Crippen LogP contribution in [0.25, 0.3) is 20.8 Å². The number of hydrogen-bond acceptors (Lipinski definition) is 4. The van der Waals surface area contributed by atoms with Crippen LogP contribution in [0.5, 0.6) is 0 Å². The zero-order valence-corrected chi connectivity index (χ0v) is 16.1. The van der Waals surface area contributed by atoms with Crippen LogP contribution >= 0.6 is 11.3 Å². The van der Waals surface area contributed by atoms with Crippen LogP contribution in [0, 0.1) is 5.92 Å². The summed E-state index contributed by atoms with van der Waals surface area (Å²) in [4.78, 5) is 31.1. The van der Waals surface area contributed by atoms with E-state index in [1.807, 2.05) is 56.3 Å². The van der Waals surface area contributed by atoms with Gasteiger partial charge in [-0.1, -0.05) is 24.3 Å². The Balaban J connectivity index is 1.51. The van der Waals surface area contributed by atoms with Gasteiger partial charge in [0.2, 0.25) is 11.8 Å². The molecule has 0 bridgehead atoms. The van der Waals surface area contributed by atoms with Crippen molar-refractivity contribution in [2.24, 2.45) is 5.92 Å². The lowest BCUT2D eigenvalue weighted by molar-refractivity contribution is -0.129. The number of anilines is 1. The minimum absolute atomic E-state index is 0.0494. The van der Waals surface area contributed by atoms with Gasteiger partial charge < -0.3 is 10.2 Å². The molecule has 0 radical (unpaired) electrons. The van der Waals surface area contributed by atoms with E-state index in [0.717, 1.165) is 26.5 Å². The Morgan fingerprint density at radius 3 is 2.78 bits per heavy atom. The van der Waals surface area contributed by atoms with Crippen molar-refractivity contribution >= 4 is 39.1 Å². The SMILES string of the molecule is CC(C)N1CC(C(=O)Nc2cccc(-c3nc4ccccc4s3)c2)CC1=O. The number of carbonyl (C=O) groups excluding carboxylic acids is 2. The summed E-state index contributed by atoms with van der Waals surface area (Å²) < 4.78 is 1.14. The van der Waals surface area contributed by atoms with E-state index in [4.69, 9.17) is 0 Å². The van der Waals surface area contributed by atoms with Crippen LogP contribution in [-0.4, -0.2) is 34.3 Å². The highest BCUT2D eigenvalue weighted by molar-refractivity contribution is 7.21. The summed E-state index contributed by atoms with van der Waals surface area (Å²) in [6.07, 6.45) is 0.279. The molecule has 3 aromatic rings. The van der Waals surface area contributed by atoms with Crippen molar-refractivity contribution in [3.8, 4) is 10.6 Å². The molecule has 0 saturated carbocycles. The van der Waals surface area contributed by atoms with Crippen LogP contribution in [0.4, 0.5) is 5.69 Å². The van der Waals surface area contributed by atoms with Gasteiger partial charge in [0.05, 0.1) is 16.1 Å². The van der Waals surface area contributed by atoms with E-state index in [2.05, 4.69) is 16.4 Å². The Hall–Kier alpha value is -2.73. The van der Waals surface area contributed by atoms with Crippen LogP contribution in [0.2, 0.25) is 0 Å². The van der Waals surface area contributed by atoms with Gasteiger partial charge in [-0.05, 0) is 38.1 Å². The van der Waals surface area contributed by atoms with Gasteiger partial charge in [-0.3, -0.25) is 9.59 Å². The maximum atomic E-state index is 12.6. The Morgan fingerprint density at radius 1 is 1.22 bits per heavy atom. The first-order valence-corrected chi connectivity index (χ1v) is 9.89. The summed E-state index contributed by atoms with van der Waals surface area (Å²) in [6.45, 7) is 4.43. The van der Waals surface area contributed by atoms with E-state index < -0.39 is 0 Å². The molecular weight excluding hydrogens is 358 g/mol. The molecule has 1 unspecified atom stereocenters. The second kappa shape index (κ2) is 7.12.